The van der Waals surface area contributed by atoms with Crippen LogP contribution in [0.3, 0.4) is 0 Å². The lowest BCUT2D eigenvalue weighted by molar-refractivity contribution is 0.0746. The number of rotatable bonds is 2. The number of hydrogen-bond donors (Lipinski definition) is 0. The van der Waals surface area contributed by atoms with Crippen molar-refractivity contribution in [2.75, 3.05) is 31.1 Å². The lowest BCUT2D eigenvalue weighted by Gasteiger charge is -2.36. The Bertz CT molecular complexity index is 953. The van der Waals surface area contributed by atoms with E-state index in [0.29, 0.717) is 0 Å². The van der Waals surface area contributed by atoms with E-state index >= 15 is 0 Å². The smallest absolute Gasteiger partial charge is 0.254 e. The summed E-state index contributed by atoms with van der Waals surface area (Å²) in [5, 5.41) is 2.37. The van der Waals surface area contributed by atoms with Crippen LogP contribution in [0.2, 0.25) is 0 Å². The first-order chi connectivity index (χ1) is 12.6. The summed E-state index contributed by atoms with van der Waals surface area (Å²) in [6.07, 6.45) is 3.84. The van der Waals surface area contributed by atoms with Crippen LogP contribution in [0.4, 0.5) is 5.69 Å². The molecule has 0 bridgehead atoms. The number of aryl methyl sites for hydroxylation is 2. The van der Waals surface area contributed by atoms with Gasteiger partial charge in [0.15, 0.2) is 0 Å². The van der Waals surface area contributed by atoms with Gasteiger partial charge in [0, 0.05) is 48.7 Å². The molecule has 0 aliphatic carbocycles. The van der Waals surface area contributed by atoms with Crippen molar-refractivity contribution in [2.24, 2.45) is 0 Å². The predicted molar refractivity (Wildman–Crippen MR) is 106 cm³/mol. The molecule has 0 N–H and O–H groups in total. The monoisotopic (exact) mass is 345 g/mol. The van der Waals surface area contributed by atoms with Crippen molar-refractivity contribution in [1.82, 2.24) is 9.88 Å². The lowest BCUT2D eigenvalue weighted by atomic mass is 10.0. The predicted octanol–water partition coefficient (Wildman–Crippen LogP) is 3.81. The molecule has 4 rings (SSSR count). The molecule has 1 aliphatic heterocycles. The van der Waals surface area contributed by atoms with Gasteiger partial charge in [0.25, 0.3) is 5.91 Å². The fraction of sp³-hybridized carbons (Fsp3) is 0.273. The average Bonchev–Trinajstić information content (AvgIpc) is 2.69. The second-order valence-electron chi connectivity index (χ2n) is 6.98. The van der Waals surface area contributed by atoms with Crippen LogP contribution >= 0.6 is 0 Å². The molecule has 3 aromatic rings. The Morgan fingerprint density at radius 2 is 1.73 bits per heavy atom. The van der Waals surface area contributed by atoms with Crippen molar-refractivity contribution >= 4 is 22.4 Å². The van der Waals surface area contributed by atoms with Gasteiger partial charge >= 0.3 is 0 Å². The van der Waals surface area contributed by atoms with Crippen LogP contribution in [0.1, 0.15) is 21.5 Å². The van der Waals surface area contributed by atoms with E-state index in [1.54, 1.807) is 0 Å². The number of amides is 1. The highest BCUT2D eigenvalue weighted by atomic mass is 16.2. The van der Waals surface area contributed by atoms with Gasteiger partial charge in [-0.25, -0.2) is 0 Å². The molecular formula is C22H23N3O. The summed E-state index contributed by atoms with van der Waals surface area (Å²) in [4.78, 5) is 21.6. The molecular weight excluding hydrogens is 322 g/mol. The van der Waals surface area contributed by atoms with E-state index in [4.69, 9.17) is 0 Å². The van der Waals surface area contributed by atoms with Crippen LogP contribution < -0.4 is 4.90 Å². The van der Waals surface area contributed by atoms with E-state index in [2.05, 4.69) is 34.1 Å². The fourth-order valence-corrected chi connectivity index (χ4v) is 3.64. The number of piperazine rings is 1. The maximum absolute atomic E-state index is 12.9. The zero-order valence-corrected chi connectivity index (χ0v) is 15.3. The summed E-state index contributed by atoms with van der Waals surface area (Å²) in [5.41, 5.74) is 4.15. The first-order valence-corrected chi connectivity index (χ1v) is 9.08. The average molecular weight is 345 g/mol. The third kappa shape index (κ3) is 3.03. The van der Waals surface area contributed by atoms with Crippen LogP contribution in [0.5, 0.6) is 0 Å². The van der Waals surface area contributed by atoms with Crippen molar-refractivity contribution in [1.29, 1.82) is 0 Å². The van der Waals surface area contributed by atoms with Crippen LogP contribution in [0, 0.1) is 13.8 Å². The minimum absolute atomic E-state index is 0.141. The van der Waals surface area contributed by atoms with Gasteiger partial charge < -0.3 is 9.80 Å². The van der Waals surface area contributed by atoms with Gasteiger partial charge in [-0.2, -0.15) is 0 Å². The molecule has 132 valence electrons. The van der Waals surface area contributed by atoms with Crippen LogP contribution in [-0.2, 0) is 0 Å². The molecule has 1 aliphatic rings. The largest absolute Gasteiger partial charge is 0.366 e. The minimum Gasteiger partial charge on any atom is -0.366 e. The van der Waals surface area contributed by atoms with Crippen LogP contribution in [0.25, 0.3) is 10.8 Å². The summed E-state index contributed by atoms with van der Waals surface area (Å²) < 4.78 is 0. The van der Waals surface area contributed by atoms with E-state index in [0.717, 1.165) is 53.9 Å². The molecule has 4 nitrogen and oxygen atoms in total. The first-order valence-electron chi connectivity index (χ1n) is 9.08. The van der Waals surface area contributed by atoms with E-state index in [1.807, 2.05) is 49.3 Å². The molecule has 1 amide bonds. The molecule has 0 unspecified atom stereocenters. The number of carbonyl (C=O) groups is 1. The Balaban J connectivity index is 1.52. The zero-order chi connectivity index (χ0) is 18.1. The third-order valence-corrected chi connectivity index (χ3v) is 5.18. The van der Waals surface area contributed by atoms with Crippen molar-refractivity contribution < 1.29 is 4.79 Å². The Morgan fingerprint density at radius 1 is 0.962 bits per heavy atom. The van der Waals surface area contributed by atoms with Gasteiger partial charge in [0.1, 0.15) is 0 Å². The van der Waals surface area contributed by atoms with Gasteiger partial charge in [-0.05, 0) is 25.5 Å². The molecule has 26 heavy (non-hydrogen) atoms. The van der Waals surface area contributed by atoms with E-state index in [1.165, 1.54) is 5.39 Å². The topological polar surface area (TPSA) is 36.4 Å². The highest BCUT2D eigenvalue weighted by molar-refractivity contribution is 5.96. The van der Waals surface area contributed by atoms with E-state index < -0.39 is 0 Å². The molecule has 0 radical (unpaired) electrons. The minimum atomic E-state index is 0.141. The highest BCUT2D eigenvalue weighted by Crippen LogP contribution is 2.26. The normalized spacial score (nSPS) is 14.7. The first kappa shape index (κ1) is 16.6. The Morgan fingerprint density at radius 3 is 2.54 bits per heavy atom. The van der Waals surface area contributed by atoms with Crippen molar-refractivity contribution in [2.45, 2.75) is 13.8 Å². The quantitative estimate of drug-likeness (QED) is 0.708. The Kier molecular flexibility index (Phi) is 4.33. The molecule has 0 atom stereocenters. The molecule has 2 aromatic carbocycles. The molecule has 1 saturated heterocycles. The molecule has 1 aromatic heterocycles. The van der Waals surface area contributed by atoms with Crippen molar-refractivity contribution in [3.05, 3.63) is 71.5 Å². The number of aromatic nitrogens is 1. The zero-order valence-electron chi connectivity index (χ0n) is 15.3. The summed E-state index contributed by atoms with van der Waals surface area (Å²) in [6.45, 7) is 7.15. The fourth-order valence-electron chi connectivity index (χ4n) is 3.64. The van der Waals surface area contributed by atoms with E-state index in [9.17, 15) is 4.79 Å². The highest BCUT2D eigenvalue weighted by Gasteiger charge is 2.24. The Hall–Kier alpha value is -2.88. The molecule has 0 saturated carbocycles. The maximum atomic E-state index is 12.9. The summed E-state index contributed by atoms with van der Waals surface area (Å²) in [6, 6.07) is 14.4. The number of anilines is 1. The summed E-state index contributed by atoms with van der Waals surface area (Å²) >= 11 is 0. The number of benzene rings is 2. The SMILES string of the molecule is Cc1ccc(C)c(C(=O)N2CCN(c3cncc4ccccc34)CC2)c1. The Labute approximate surface area is 154 Å². The number of pyridine rings is 1. The molecule has 4 heteroatoms. The number of nitrogens with zero attached hydrogens (tertiary/aromatic N) is 3. The van der Waals surface area contributed by atoms with Gasteiger partial charge in [-0.15, -0.1) is 0 Å². The maximum Gasteiger partial charge on any atom is 0.254 e. The van der Waals surface area contributed by atoms with Crippen molar-refractivity contribution in [3.63, 3.8) is 0 Å². The second kappa shape index (κ2) is 6.79. The standard InChI is InChI=1S/C22H23N3O/c1-16-7-8-17(2)20(13-16)22(26)25-11-9-24(10-12-25)21-15-23-14-18-5-3-4-6-19(18)21/h3-8,13-15H,9-12H2,1-2H3. The lowest BCUT2D eigenvalue weighted by Crippen LogP contribution is -2.49. The van der Waals surface area contributed by atoms with Gasteiger partial charge in [-0.3, -0.25) is 9.78 Å². The van der Waals surface area contributed by atoms with Gasteiger partial charge in [0.2, 0.25) is 0 Å². The second-order valence-corrected chi connectivity index (χ2v) is 6.98. The van der Waals surface area contributed by atoms with Crippen molar-refractivity contribution in [3.8, 4) is 0 Å². The molecule has 2 heterocycles. The van der Waals surface area contributed by atoms with Gasteiger partial charge in [-0.1, -0.05) is 42.0 Å². The number of carbonyl (C=O) groups excluding carboxylic acids is 1. The summed E-state index contributed by atoms with van der Waals surface area (Å²) in [5.74, 6) is 0.141. The number of fused-ring (bicyclic) bond motifs is 1. The van der Waals surface area contributed by atoms with Crippen LogP contribution in [0.15, 0.2) is 54.9 Å². The molecule has 0 spiro atoms. The van der Waals surface area contributed by atoms with E-state index in [-0.39, 0.29) is 5.91 Å². The molecule has 1 fully saturated rings. The van der Waals surface area contributed by atoms with Gasteiger partial charge in [0.05, 0.1) is 11.9 Å². The van der Waals surface area contributed by atoms with Crippen LogP contribution in [-0.4, -0.2) is 42.0 Å². The summed E-state index contributed by atoms with van der Waals surface area (Å²) in [7, 11) is 0. The third-order valence-electron chi connectivity index (χ3n) is 5.18. The number of hydrogen-bond acceptors (Lipinski definition) is 3.